The first-order chi connectivity index (χ1) is 15.2. The van der Waals surface area contributed by atoms with Gasteiger partial charge in [0.2, 0.25) is 5.91 Å². The zero-order valence-corrected chi connectivity index (χ0v) is 16.8. The van der Waals surface area contributed by atoms with Gasteiger partial charge in [0.25, 0.3) is 5.56 Å². The van der Waals surface area contributed by atoms with Gasteiger partial charge < -0.3 is 14.8 Å². The number of ether oxygens (including phenoxy) is 2. The van der Waals surface area contributed by atoms with Crippen molar-refractivity contribution in [1.29, 1.82) is 0 Å². The molecule has 0 fully saturated rings. The molecule has 1 unspecified atom stereocenters. The Morgan fingerprint density at radius 1 is 1.06 bits per heavy atom. The van der Waals surface area contributed by atoms with Crippen molar-refractivity contribution in [2.45, 2.75) is 19.1 Å². The van der Waals surface area contributed by atoms with E-state index < -0.39 is 34.9 Å². The average molecular weight is 445 g/mol. The van der Waals surface area contributed by atoms with E-state index >= 15 is 0 Å². The highest BCUT2D eigenvalue weighted by Crippen LogP contribution is 2.35. The van der Waals surface area contributed by atoms with Crippen LogP contribution in [0, 0.1) is 0 Å². The van der Waals surface area contributed by atoms with Gasteiger partial charge in [0.05, 0.1) is 16.9 Å². The fraction of sp³-hybridized carbons (Fsp3) is 0.227. The summed E-state index contributed by atoms with van der Waals surface area (Å²) in [6, 6.07) is 11.3. The number of nitrogens with one attached hydrogen (secondary N) is 1. The van der Waals surface area contributed by atoms with Gasteiger partial charge in [-0.1, -0.05) is 12.1 Å². The normalized spacial score (nSPS) is 14.0. The highest BCUT2D eigenvalue weighted by Gasteiger charge is 2.34. The number of benzene rings is 2. The molecule has 0 saturated carbocycles. The molecule has 1 atom stereocenters. The first kappa shape index (κ1) is 21.4. The summed E-state index contributed by atoms with van der Waals surface area (Å²) < 4.78 is 51.6. The molecular weight excluding hydrogens is 427 g/mol. The van der Waals surface area contributed by atoms with Gasteiger partial charge in [-0.3, -0.25) is 9.59 Å². The molecule has 0 radical (unpaired) electrons. The maximum absolute atomic E-state index is 13.2. The molecule has 0 saturated heterocycles. The quantitative estimate of drug-likeness (QED) is 0.659. The number of nitrogens with zero attached hydrogens (tertiary/aromatic N) is 2. The molecule has 0 spiro atoms. The Bertz CT molecular complexity index is 1220. The lowest BCUT2D eigenvalue weighted by atomic mass is 10.1. The summed E-state index contributed by atoms with van der Waals surface area (Å²) in [5.74, 6) is 0.308. The van der Waals surface area contributed by atoms with Crippen LogP contribution in [-0.2, 0) is 11.0 Å². The summed E-state index contributed by atoms with van der Waals surface area (Å²) in [6.45, 7) is 2.23. The Balaban J connectivity index is 1.62. The van der Waals surface area contributed by atoms with Crippen molar-refractivity contribution in [3.8, 4) is 22.8 Å². The third-order valence-electron chi connectivity index (χ3n) is 4.90. The van der Waals surface area contributed by atoms with Crippen molar-refractivity contribution in [3.05, 3.63) is 70.5 Å². The summed E-state index contributed by atoms with van der Waals surface area (Å²) in [6.07, 6.45) is -4.64. The lowest BCUT2D eigenvalue weighted by Crippen LogP contribution is -2.33. The first-order valence-corrected chi connectivity index (χ1v) is 9.71. The molecule has 1 aromatic heterocycles. The summed E-state index contributed by atoms with van der Waals surface area (Å²) in [7, 11) is 0. The van der Waals surface area contributed by atoms with E-state index in [-0.39, 0.29) is 0 Å². The average Bonchev–Trinajstić information content (AvgIpc) is 2.78. The second kappa shape index (κ2) is 8.37. The van der Waals surface area contributed by atoms with E-state index in [1.165, 1.54) is 31.2 Å². The van der Waals surface area contributed by atoms with E-state index in [9.17, 15) is 22.8 Å². The van der Waals surface area contributed by atoms with Gasteiger partial charge >= 0.3 is 6.18 Å². The number of alkyl halides is 3. The molecule has 1 N–H and O–H groups in total. The number of rotatable bonds is 4. The topological polar surface area (TPSA) is 82.5 Å². The standard InChI is InChI=1S/C22H18F3N3O4/c1-13(21(30)26-17-5-3-2-4-15(17)22(23,24)25)28-20(29)9-7-16(27-28)14-6-8-18-19(12-14)32-11-10-31-18/h2-9,12-13H,10-11H2,1H3,(H,26,30). The van der Waals surface area contributed by atoms with E-state index in [4.69, 9.17) is 9.47 Å². The zero-order valence-electron chi connectivity index (χ0n) is 16.8. The summed E-state index contributed by atoms with van der Waals surface area (Å²) in [5.41, 5.74) is -0.938. The molecule has 3 aromatic rings. The van der Waals surface area contributed by atoms with Gasteiger partial charge in [-0.05, 0) is 43.3 Å². The number of carbonyl (C=O) groups excluding carboxylic acids is 1. The monoisotopic (exact) mass is 445 g/mol. The first-order valence-electron chi connectivity index (χ1n) is 9.71. The third-order valence-corrected chi connectivity index (χ3v) is 4.90. The minimum absolute atomic E-state index is 0.386. The van der Waals surface area contributed by atoms with Crippen LogP contribution in [0.1, 0.15) is 18.5 Å². The van der Waals surface area contributed by atoms with Crippen molar-refractivity contribution in [3.63, 3.8) is 0 Å². The molecule has 7 nitrogen and oxygen atoms in total. The second-order valence-electron chi connectivity index (χ2n) is 7.07. The highest BCUT2D eigenvalue weighted by molar-refractivity contribution is 5.94. The second-order valence-corrected chi connectivity index (χ2v) is 7.07. The van der Waals surface area contributed by atoms with Crippen LogP contribution in [0.15, 0.2) is 59.4 Å². The molecule has 1 amide bonds. The van der Waals surface area contributed by atoms with E-state index in [1.807, 2.05) is 0 Å². The molecule has 0 aliphatic carbocycles. The van der Waals surface area contributed by atoms with E-state index in [1.54, 1.807) is 18.2 Å². The van der Waals surface area contributed by atoms with Crippen LogP contribution < -0.4 is 20.3 Å². The summed E-state index contributed by atoms with van der Waals surface area (Å²) in [4.78, 5) is 25.0. The van der Waals surface area contributed by atoms with Gasteiger partial charge in [0.15, 0.2) is 11.5 Å². The smallest absolute Gasteiger partial charge is 0.418 e. The Labute approximate surface area is 180 Å². The van der Waals surface area contributed by atoms with E-state index in [0.29, 0.717) is 36.0 Å². The molecule has 2 aromatic carbocycles. The minimum Gasteiger partial charge on any atom is -0.486 e. The van der Waals surface area contributed by atoms with Crippen molar-refractivity contribution in [2.24, 2.45) is 0 Å². The number of carbonyl (C=O) groups is 1. The molecule has 10 heteroatoms. The highest BCUT2D eigenvalue weighted by atomic mass is 19.4. The lowest BCUT2D eigenvalue weighted by molar-refractivity contribution is -0.137. The van der Waals surface area contributed by atoms with Crippen LogP contribution >= 0.6 is 0 Å². The van der Waals surface area contributed by atoms with Gasteiger partial charge in [0, 0.05) is 11.6 Å². The molecule has 1 aliphatic heterocycles. The summed E-state index contributed by atoms with van der Waals surface area (Å²) in [5, 5.41) is 6.50. The number of fused-ring (bicyclic) bond motifs is 1. The van der Waals surface area contributed by atoms with Crippen molar-refractivity contribution < 1.29 is 27.4 Å². The van der Waals surface area contributed by atoms with Crippen LogP contribution in [0.4, 0.5) is 18.9 Å². The van der Waals surface area contributed by atoms with Gasteiger partial charge in [-0.25, -0.2) is 4.68 Å². The Hall–Kier alpha value is -3.82. The van der Waals surface area contributed by atoms with Gasteiger partial charge in [-0.2, -0.15) is 18.3 Å². The SMILES string of the molecule is CC(C(=O)Nc1ccccc1C(F)(F)F)n1nc(-c2ccc3c(c2)OCCO3)ccc1=O. The van der Waals surface area contributed by atoms with Crippen LogP contribution in [0.5, 0.6) is 11.5 Å². The number of para-hydroxylation sites is 1. The van der Waals surface area contributed by atoms with E-state index in [0.717, 1.165) is 16.8 Å². The Kier molecular flexibility index (Phi) is 5.60. The molecule has 166 valence electrons. The third kappa shape index (κ3) is 4.29. The lowest BCUT2D eigenvalue weighted by Gasteiger charge is -2.19. The Morgan fingerprint density at radius 2 is 1.78 bits per heavy atom. The van der Waals surface area contributed by atoms with Crippen LogP contribution in [-0.4, -0.2) is 28.9 Å². The number of halogens is 3. The van der Waals surface area contributed by atoms with Crippen molar-refractivity contribution in [2.75, 3.05) is 18.5 Å². The van der Waals surface area contributed by atoms with Crippen LogP contribution in [0.3, 0.4) is 0 Å². The number of anilines is 1. The van der Waals surface area contributed by atoms with Crippen LogP contribution in [0.2, 0.25) is 0 Å². The van der Waals surface area contributed by atoms with Crippen LogP contribution in [0.25, 0.3) is 11.3 Å². The minimum atomic E-state index is -4.64. The number of amides is 1. The zero-order chi connectivity index (χ0) is 22.9. The fourth-order valence-corrected chi connectivity index (χ4v) is 3.25. The number of hydrogen-bond acceptors (Lipinski definition) is 5. The fourth-order valence-electron chi connectivity index (χ4n) is 3.25. The summed E-state index contributed by atoms with van der Waals surface area (Å²) >= 11 is 0. The number of hydrogen-bond donors (Lipinski definition) is 1. The Morgan fingerprint density at radius 3 is 2.53 bits per heavy atom. The van der Waals surface area contributed by atoms with Gasteiger partial charge in [0.1, 0.15) is 19.3 Å². The predicted molar refractivity (Wildman–Crippen MR) is 110 cm³/mol. The molecule has 0 bridgehead atoms. The largest absolute Gasteiger partial charge is 0.486 e. The van der Waals surface area contributed by atoms with Crippen molar-refractivity contribution in [1.82, 2.24) is 9.78 Å². The number of aromatic nitrogens is 2. The predicted octanol–water partition coefficient (Wildman–Crippen LogP) is 3.90. The molecule has 1 aliphatic rings. The molecule has 4 rings (SSSR count). The van der Waals surface area contributed by atoms with Gasteiger partial charge in [-0.15, -0.1) is 0 Å². The molecular formula is C22H18F3N3O4. The maximum Gasteiger partial charge on any atom is 0.418 e. The molecule has 2 heterocycles. The van der Waals surface area contributed by atoms with Crippen molar-refractivity contribution >= 4 is 11.6 Å². The van der Waals surface area contributed by atoms with E-state index in [2.05, 4.69) is 10.4 Å². The molecule has 32 heavy (non-hydrogen) atoms. The maximum atomic E-state index is 13.2.